The second-order valence-electron chi connectivity index (χ2n) is 2.62. The number of aromatic nitrogens is 2. The molecule has 62 valence electrons. The lowest BCUT2D eigenvalue weighted by molar-refractivity contribution is 0.709. The summed E-state index contributed by atoms with van der Waals surface area (Å²) < 4.78 is 1.94. The minimum Gasteiger partial charge on any atom is -0.316 e. The molecule has 0 radical (unpaired) electrons. The van der Waals surface area contributed by atoms with Crippen LogP contribution in [-0.2, 0) is 20.0 Å². The Labute approximate surface area is 67.4 Å². The third-order valence-corrected chi connectivity index (χ3v) is 1.85. The lowest BCUT2D eigenvalue weighted by Gasteiger charge is -2.01. The van der Waals surface area contributed by atoms with Gasteiger partial charge in [-0.2, -0.15) is 5.10 Å². The molecule has 0 spiro atoms. The van der Waals surface area contributed by atoms with Crippen LogP contribution < -0.4 is 5.32 Å². The quantitative estimate of drug-likeness (QED) is 0.692. The van der Waals surface area contributed by atoms with Gasteiger partial charge in [-0.05, 0) is 13.5 Å². The monoisotopic (exact) mass is 153 g/mol. The van der Waals surface area contributed by atoms with Gasteiger partial charge in [0.15, 0.2) is 0 Å². The molecule has 11 heavy (non-hydrogen) atoms. The number of aryl methyl sites for hydroxylation is 1. The maximum Gasteiger partial charge on any atom is 0.0537 e. The zero-order chi connectivity index (χ0) is 8.27. The largest absolute Gasteiger partial charge is 0.316 e. The Morgan fingerprint density at radius 3 is 2.91 bits per heavy atom. The Morgan fingerprint density at radius 1 is 1.64 bits per heavy atom. The van der Waals surface area contributed by atoms with Crippen molar-refractivity contribution in [1.82, 2.24) is 15.1 Å². The first-order valence-corrected chi connectivity index (χ1v) is 3.94. The highest BCUT2D eigenvalue weighted by Gasteiger charge is 2.03. The van der Waals surface area contributed by atoms with E-state index in [-0.39, 0.29) is 0 Å². The van der Waals surface area contributed by atoms with E-state index >= 15 is 0 Å². The summed E-state index contributed by atoms with van der Waals surface area (Å²) in [5.41, 5.74) is 2.62. The molecule has 0 unspecified atom stereocenters. The molecule has 0 saturated carbocycles. The molecule has 1 heterocycles. The molecule has 1 aromatic rings. The van der Waals surface area contributed by atoms with Crippen LogP contribution in [0.15, 0.2) is 6.20 Å². The van der Waals surface area contributed by atoms with Crippen LogP contribution in [0.5, 0.6) is 0 Å². The van der Waals surface area contributed by atoms with Crippen molar-refractivity contribution in [3.05, 3.63) is 17.5 Å². The molecular formula is C8H15N3. The van der Waals surface area contributed by atoms with E-state index in [0.29, 0.717) is 0 Å². The molecular weight excluding hydrogens is 138 g/mol. The first kappa shape index (κ1) is 8.27. The van der Waals surface area contributed by atoms with Crippen molar-refractivity contribution in [2.75, 3.05) is 7.05 Å². The van der Waals surface area contributed by atoms with Crippen LogP contribution >= 0.6 is 0 Å². The van der Waals surface area contributed by atoms with Crippen LogP contribution in [0.25, 0.3) is 0 Å². The third-order valence-electron chi connectivity index (χ3n) is 1.85. The van der Waals surface area contributed by atoms with Crippen LogP contribution in [0, 0.1) is 0 Å². The Hall–Kier alpha value is -0.830. The van der Waals surface area contributed by atoms with E-state index in [1.165, 1.54) is 11.3 Å². The molecule has 0 aliphatic rings. The van der Waals surface area contributed by atoms with E-state index in [0.717, 1.165) is 13.0 Å². The molecule has 3 nitrogen and oxygen atoms in total. The van der Waals surface area contributed by atoms with E-state index in [1.54, 1.807) is 0 Å². The smallest absolute Gasteiger partial charge is 0.0537 e. The molecule has 1 rings (SSSR count). The molecule has 1 N–H and O–H groups in total. The number of nitrogens with zero attached hydrogens (tertiary/aromatic N) is 2. The molecule has 0 aliphatic heterocycles. The predicted molar refractivity (Wildman–Crippen MR) is 45.3 cm³/mol. The summed E-state index contributed by atoms with van der Waals surface area (Å²) >= 11 is 0. The minimum absolute atomic E-state index is 0.914. The van der Waals surface area contributed by atoms with Crippen LogP contribution in [0.4, 0.5) is 0 Å². The fraction of sp³-hybridized carbons (Fsp3) is 0.625. The highest BCUT2D eigenvalue weighted by molar-refractivity contribution is 5.17. The maximum atomic E-state index is 4.18. The van der Waals surface area contributed by atoms with Gasteiger partial charge in [-0.15, -0.1) is 0 Å². The van der Waals surface area contributed by atoms with E-state index < -0.39 is 0 Å². The summed E-state index contributed by atoms with van der Waals surface area (Å²) in [7, 11) is 3.93. The van der Waals surface area contributed by atoms with E-state index in [2.05, 4.69) is 17.3 Å². The van der Waals surface area contributed by atoms with Gasteiger partial charge in [0.2, 0.25) is 0 Å². The van der Waals surface area contributed by atoms with Gasteiger partial charge in [-0.25, -0.2) is 0 Å². The second kappa shape index (κ2) is 3.53. The molecule has 3 heteroatoms. The standard InChI is InChI=1S/C8H15N3/c1-4-8-7(5-9-2)6-10-11(8)3/h6,9H,4-5H2,1-3H3. The number of nitrogens with one attached hydrogen (secondary N) is 1. The molecule has 0 aliphatic carbocycles. The summed E-state index contributed by atoms with van der Waals surface area (Å²) in [5.74, 6) is 0. The topological polar surface area (TPSA) is 29.9 Å². The van der Waals surface area contributed by atoms with Gasteiger partial charge in [0.1, 0.15) is 0 Å². The number of rotatable bonds is 3. The van der Waals surface area contributed by atoms with Gasteiger partial charge in [0.05, 0.1) is 6.20 Å². The Bertz CT molecular complexity index is 227. The summed E-state index contributed by atoms with van der Waals surface area (Å²) in [5, 5.41) is 7.30. The maximum absolute atomic E-state index is 4.18. The average Bonchev–Trinajstić information content (AvgIpc) is 2.33. The fourth-order valence-corrected chi connectivity index (χ4v) is 1.30. The fourth-order valence-electron chi connectivity index (χ4n) is 1.30. The molecule has 0 amide bonds. The lowest BCUT2D eigenvalue weighted by Crippen LogP contribution is -2.07. The van der Waals surface area contributed by atoms with Gasteiger partial charge < -0.3 is 5.32 Å². The van der Waals surface area contributed by atoms with Crippen LogP contribution in [0.3, 0.4) is 0 Å². The van der Waals surface area contributed by atoms with Crippen LogP contribution in [0.2, 0.25) is 0 Å². The first-order chi connectivity index (χ1) is 5.29. The number of hydrogen-bond donors (Lipinski definition) is 1. The van der Waals surface area contributed by atoms with Crippen molar-refractivity contribution in [1.29, 1.82) is 0 Å². The average molecular weight is 153 g/mol. The van der Waals surface area contributed by atoms with E-state index in [1.807, 2.05) is 25.0 Å². The van der Waals surface area contributed by atoms with Crippen LogP contribution in [0.1, 0.15) is 18.2 Å². The minimum atomic E-state index is 0.914. The Morgan fingerprint density at radius 2 is 2.36 bits per heavy atom. The number of hydrogen-bond acceptors (Lipinski definition) is 2. The van der Waals surface area contributed by atoms with Gasteiger partial charge in [0, 0.05) is 24.8 Å². The van der Waals surface area contributed by atoms with Crippen molar-refractivity contribution in [2.24, 2.45) is 7.05 Å². The van der Waals surface area contributed by atoms with Crippen molar-refractivity contribution < 1.29 is 0 Å². The second-order valence-corrected chi connectivity index (χ2v) is 2.62. The van der Waals surface area contributed by atoms with Crippen LogP contribution in [-0.4, -0.2) is 16.8 Å². The zero-order valence-electron chi connectivity index (χ0n) is 7.39. The molecule has 0 bridgehead atoms. The molecule has 0 atom stereocenters. The van der Waals surface area contributed by atoms with Gasteiger partial charge in [-0.1, -0.05) is 6.92 Å². The van der Waals surface area contributed by atoms with Gasteiger partial charge >= 0.3 is 0 Å². The van der Waals surface area contributed by atoms with Crippen molar-refractivity contribution in [2.45, 2.75) is 19.9 Å². The van der Waals surface area contributed by atoms with E-state index in [4.69, 9.17) is 0 Å². The molecule has 0 aromatic carbocycles. The Balaban J connectivity index is 2.86. The SMILES string of the molecule is CCc1c(CNC)cnn1C. The summed E-state index contributed by atoms with van der Waals surface area (Å²) in [6.45, 7) is 3.06. The lowest BCUT2D eigenvalue weighted by atomic mass is 10.2. The Kier molecular flexibility index (Phi) is 2.65. The predicted octanol–water partition coefficient (Wildman–Crippen LogP) is 0.702. The zero-order valence-corrected chi connectivity index (χ0v) is 7.39. The summed E-state index contributed by atoms with van der Waals surface area (Å²) in [4.78, 5) is 0. The highest BCUT2D eigenvalue weighted by Crippen LogP contribution is 2.06. The van der Waals surface area contributed by atoms with Gasteiger partial charge in [0.25, 0.3) is 0 Å². The van der Waals surface area contributed by atoms with Gasteiger partial charge in [-0.3, -0.25) is 4.68 Å². The summed E-state index contributed by atoms with van der Waals surface area (Å²) in [6.07, 6.45) is 2.98. The first-order valence-electron chi connectivity index (χ1n) is 3.94. The van der Waals surface area contributed by atoms with Crippen molar-refractivity contribution in [3.8, 4) is 0 Å². The molecule has 0 fully saturated rings. The normalized spacial score (nSPS) is 10.5. The third kappa shape index (κ3) is 1.60. The summed E-state index contributed by atoms with van der Waals surface area (Å²) in [6, 6.07) is 0. The molecule has 1 aromatic heterocycles. The molecule has 0 saturated heterocycles. The van der Waals surface area contributed by atoms with Crippen molar-refractivity contribution in [3.63, 3.8) is 0 Å². The van der Waals surface area contributed by atoms with Crippen molar-refractivity contribution >= 4 is 0 Å². The van der Waals surface area contributed by atoms with E-state index in [9.17, 15) is 0 Å². The highest BCUT2D eigenvalue weighted by atomic mass is 15.3.